The molecule has 0 unspecified atom stereocenters. The molecule has 0 aliphatic heterocycles. The number of rotatable bonds is 6. The summed E-state index contributed by atoms with van der Waals surface area (Å²) >= 11 is 4.98. The third-order valence-electron chi connectivity index (χ3n) is 2.65. The van der Waals surface area contributed by atoms with E-state index in [1.165, 1.54) is 0 Å². The lowest BCUT2D eigenvalue weighted by atomic mass is 10.3. The zero-order valence-electron chi connectivity index (χ0n) is 11.7. The average Bonchev–Trinajstić information content (AvgIpc) is 2.95. The molecule has 0 radical (unpaired) electrons. The quantitative estimate of drug-likeness (QED) is 0.886. The Labute approximate surface area is 131 Å². The molecule has 0 aromatic carbocycles. The fourth-order valence-corrected chi connectivity index (χ4v) is 4.21. The van der Waals surface area contributed by atoms with Crippen LogP contribution in [0, 0.1) is 13.8 Å². The molecule has 1 amide bonds. The van der Waals surface area contributed by atoms with Crippen LogP contribution >= 0.6 is 34.4 Å². The van der Waals surface area contributed by atoms with Crippen molar-refractivity contribution in [1.29, 1.82) is 0 Å². The van der Waals surface area contributed by atoms with Gasteiger partial charge in [0.1, 0.15) is 5.01 Å². The van der Waals surface area contributed by atoms with Crippen LogP contribution in [-0.2, 0) is 23.5 Å². The van der Waals surface area contributed by atoms with Gasteiger partial charge in [-0.2, -0.15) is 11.8 Å². The van der Waals surface area contributed by atoms with Crippen molar-refractivity contribution < 1.29 is 4.79 Å². The third kappa shape index (κ3) is 4.29. The Hall–Kier alpha value is -0.920. The first kappa shape index (κ1) is 15.5. The summed E-state index contributed by atoms with van der Waals surface area (Å²) in [5.74, 6) is 0.953. The van der Waals surface area contributed by atoms with E-state index in [-0.39, 0.29) is 5.91 Å². The Morgan fingerprint density at radius 2 is 2.20 bits per heavy atom. The van der Waals surface area contributed by atoms with E-state index in [1.54, 1.807) is 34.4 Å². The molecule has 2 rings (SSSR count). The van der Waals surface area contributed by atoms with Crippen LogP contribution in [0.5, 0.6) is 0 Å². The summed E-state index contributed by atoms with van der Waals surface area (Å²) in [5.41, 5.74) is 1.89. The minimum Gasteiger partial charge on any atom is -0.350 e. The van der Waals surface area contributed by atoms with E-state index < -0.39 is 0 Å². The topological polar surface area (TPSA) is 54.9 Å². The van der Waals surface area contributed by atoms with E-state index in [0.29, 0.717) is 13.0 Å². The molecule has 108 valence electrons. The van der Waals surface area contributed by atoms with Crippen LogP contribution in [0.2, 0.25) is 0 Å². The predicted octanol–water partition coefficient (Wildman–Crippen LogP) is 2.94. The highest BCUT2D eigenvalue weighted by Crippen LogP contribution is 2.18. The Kier molecular flexibility index (Phi) is 5.56. The first-order valence-corrected chi connectivity index (χ1v) is 9.29. The number of thioether (sulfide) groups is 1. The summed E-state index contributed by atoms with van der Waals surface area (Å²) in [5, 5.41) is 7.04. The number of amides is 1. The van der Waals surface area contributed by atoms with Crippen molar-refractivity contribution in [2.75, 3.05) is 6.26 Å². The highest BCUT2D eigenvalue weighted by Gasteiger charge is 2.10. The van der Waals surface area contributed by atoms with Crippen molar-refractivity contribution in [2.24, 2.45) is 0 Å². The lowest BCUT2D eigenvalue weighted by Gasteiger charge is -2.02. The normalized spacial score (nSPS) is 10.8. The molecular formula is C13H17N3OS3. The van der Waals surface area contributed by atoms with Gasteiger partial charge in [-0.15, -0.1) is 22.7 Å². The van der Waals surface area contributed by atoms with Crippen molar-refractivity contribution in [3.05, 3.63) is 31.7 Å². The number of nitrogens with one attached hydrogen (secondary N) is 1. The fraction of sp³-hybridized carbons (Fsp3) is 0.462. The first-order chi connectivity index (χ1) is 9.58. The largest absolute Gasteiger partial charge is 0.350 e. The van der Waals surface area contributed by atoms with Gasteiger partial charge in [0.2, 0.25) is 5.91 Å². The summed E-state index contributed by atoms with van der Waals surface area (Å²) in [4.78, 5) is 21.8. The van der Waals surface area contributed by atoms with E-state index in [9.17, 15) is 4.79 Å². The molecule has 0 aliphatic carbocycles. The van der Waals surface area contributed by atoms with Gasteiger partial charge in [-0.25, -0.2) is 9.97 Å². The van der Waals surface area contributed by atoms with E-state index in [2.05, 4.69) is 21.5 Å². The first-order valence-electron chi connectivity index (χ1n) is 6.20. The Balaban J connectivity index is 1.84. The molecule has 0 aliphatic rings. The smallest absolute Gasteiger partial charge is 0.225 e. The van der Waals surface area contributed by atoms with Gasteiger partial charge in [0.15, 0.2) is 0 Å². The zero-order valence-corrected chi connectivity index (χ0v) is 14.2. The van der Waals surface area contributed by atoms with Gasteiger partial charge in [0.25, 0.3) is 0 Å². The van der Waals surface area contributed by atoms with E-state index >= 15 is 0 Å². The van der Waals surface area contributed by atoms with Crippen molar-refractivity contribution >= 4 is 40.3 Å². The number of nitrogens with zero attached hydrogens (tertiary/aromatic N) is 2. The van der Waals surface area contributed by atoms with Gasteiger partial charge in [-0.1, -0.05) is 0 Å². The van der Waals surface area contributed by atoms with Crippen LogP contribution in [0.3, 0.4) is 0 Å². The van der Waals surface area contributed by atoms with E-state index in [0.717, 1.165) is 32.0 Å². The summed E-state index contributed by atoms with van der Waals surface area (Å²) in [6.45, 7) is 4.41. The van der Waals surface area contributed by atoms with Crippen LogP contribution in [0.15, 0.2) is 5.38 Å². The average molecular weight is 328 g/mol. The van der Waals surface area contributed by atoms with Gasteiger partial charge in [0.05, 0.1) is 29.4 Å². The molecule has 4 nitrogen and oxygen atoms in total. The molecule has 0 fully saturated rings. The summed E-state index contributed by atoms with van der Waals surface area (Å²) in [6, 6.07) is 0. The molecular weight excluding hydrogens is 310 g/mol. The maximum Gasteiger partial charge on any atom is 0.225 e. The molecule has 0 saturated heterocycles. The second-order valence-corrected chi connectivity index (χ2v) is 7.46. The van der Waals surface area contributed by atoms with Gasteiger partial charge in [-0.05, 0) is 20.1 Å². The third-order valence-corrected chi connectivity index (χ3v) is 5.37. The van der Waals surface area contributed by atoms with Crippen LogP contribution in [0.4, 0.5) is 0 Å². The maximum atomic E-state index is 11.9. The van der Waals surface area contributed by atoms with Crippen molar-refractivity contribution in [3.63, 3.8) is 0 Å². The molecule has 20 heavy (non-hydrogen) atoms. The lowest BCUT2D eigenvalue weighted by molar-refractivity contribution is -0.120. The highest BCUT2D eigenvalue weighted by atomic mass is 32.2. The second kappa shape index (κ2) is 7.19. The molecule has 0 bridgehead atoms. The molecule has 1 N–H and O–H groups in total. The molecule has 0 saturated carbocycles. The number of aryl methyl sites for hydroxylation is 2. The van der Waals surface area contributed by atoms with Gasteiger partial charge < -0.3 is 5.32 Å². The number of hydrogen-bond acceptors (Lipinski definition) is 6. The second-order valence-electron chi connectivity index (χ2n) is 4.36. The fourth-order valence-electron chi connectivity index (χ4n) is 1.75. The molecule has 0 spiro atoms. The number of thiazole rings is 2. The van der Waals surface area contributed by atoms with Crippen molar-refractivity contribution in [1.82, 2.24) is 15.3 Å². The van der Waals surface area contributed by atoms with E-state index in [1.807, 2.05) is 19.2 Å². The zero-order chi connectivity index (χ0) is 14.5. The van der Waals surface area contributed by atoms with Gasteiger partial charge in [-0.3, -0.25) is 4.79 Å². The molecule has 2 aromatic heterocycles. The van der Waals surface area contributed by atoms with Crippen LogP contribution < -0.4 is 5.32 Å². The number of aromatic nitrogens is 2. The number of hydrogen-bond donors (Lipinski definition) is 1. The summed E-state index contributed by atoms with van der Waals surface area (Å²) in [7, 11) is 0. The minimum absolute atomic E-state index is 0.0242. The van der Waals surface area contributed by atoms with Crippen LogP contribution in [0.1, 0.15) is 26.3 Å². The SMILES string of the molecule is CSCc1nc(CNC(=O)Cc2sc(C)nc2C)cs1. The molecule has 7 heteroatoms. The van der Waals surface area contributed by atoms with Gasteiger partial charge >= 0.3 is 0 Å². The van der Waals surface area contributed by atoms with Gasteiger partial charge in [0, 0.05) is 16.0 Å². The standard InChI is InChI=1S/C13H17N3OS3/c1-8-11(20-9(2)15-8)4-12(17)14-5-10-6-19-13(16-10)7-18-3/h6H,4-5,7H2,1-3H3,(H,14,17). The summed E-state index contributed by atoms with van der Waals surface area (Å²) in [6.07, 6.45) is 2.46. The Bertz CT molecular complexity index is 591. The van der Waals surface area contributed by atoms with Crippen LogP contribution in [0.25, 0.3) is 0 Å². The summed E-state index contributed by atoms with van der Waals surface area (Å²) < 4.78 is 0. The van der Waals surface area contributed by atoms with E-state index in [4.69, 9.17) is 0 Å². The molecule has 2 aromatic rings. The van der Waals surface area contributed by atoms with Crippen molar-refractivity contribution in [2.45, 2.75) is 32.6 Å². The van der Waals surface area contributed by atoms with Crippen LogP contribution in [-0.4, -0.2) is 22.1 Å². The number of carbonyl (C=O) groups is 1. The lowest BCUT2D eigenvalue weighted by Crippen LogP contribution is -2.24. The Morgan fingerprint density at radius 1 is 1.40 bits per heavy atom. The molecule has 2 heterocycles. The Morgan fingerprint density at radius 3 is 2.85 bits per heavy atom. The van der Waals surface area contributed by atoms with Crippen molar-refractivity contribution in [3.8, 4) is 0 Å². The maximum absolute atomic E-state index is 11.9. The molecule has 0 atom stereocenters. The predicted molar refractivity (Wildman–Crippen MR) is 86.5 cm³/mol. The monoisotopic (exact) mass is 327 g/mol. The minimum atomic E-state index is 0.0242. The highest BCUT2D eigenvalue weighted by molar-refractivity contribution is 7.97. The number of carbonyl (C=O) groups excluding carboxylic acids is 1.